The topological polar surface area (TPSA) is 110 Å². The summed E-state index contributed by atoms with van der Waals surface area (Å²) >= 11 is 0. The third kappa shape index (κ3) is 3.55. The Bertz CT molecular complexity index is 610. The maximum absolute atomic E-state index is 12.2. The molecule has 0 aromatic heterocycles. The molecule has 2 rings (SSSR count). The van der Waals surface area contributed by atoms with Crippen LogP contribution in [0.25, 0.3) is 0 Å². The van der Waals surface area contributed by atoms with Crippen LogP contribution in [0.2, 0.25) is 0 Å². The van der Waals surface area contributed by atoms with Gasteiger partial charge in [0.15, 0.2) is 0 Å². The molecule has 1 amide bonds. The standard InChI is InChI=1S/C13H16N4O5/c1-14-4-6-15(7-5-14)13(18)8-10-2-3-11(16(19)20)9-12(10)17(21)22/h2-3,9H,4-8H2,1H3. The van der Waals surface area contributed by atoms with Crippen LogP contribution in [-0.4, -0.2) is 58.8 Å². The molecule has 0 radical (unpaired) electrons. The molecule has 0 atom stereocenters. The second-order valence-corrected chi connectivity index (χ2v) is 5.19. The third-order valence-corrected chi connectivity index (χ3v) is 3.67. The van der Waals surface area contributed by atoms with Crippen molar-refractivity contribution in [2.24, 2.45) is 0 Å². The Balaban J connectivity index is 2.16. The number of nitro benzene ring substituents is 2. The summed E-state index contributed by atoms with van der Waals surface area (Å²) in [7, 11) is 1.96. The number of nitrogens with zero attached hydrogens (tertiary/aromatic N) is 4. The monoisotopic (exact) mass is 308 g/mol. The molecule has 1 aromatic rings. The average Bonchev–Trinajstić information content (AvgIpc) is 2.47. The van der Waals surface area contributed by atoms with Gasteiger partial charge in [0.1, 0.15) is 0 Å². The van der Waals surface area contributed by atoms with Crippen LogP contribution in [0.5, 0.6) is 0 Å². The molecule has 1 fully saturated rings. The van der Waals surface area contributed by atoms with Crippen molar-refractivity contribution in [2.75, 3.05) is 33.2 Å². The number of non-ortho nitro benzene ring substituents is 1. The fraction of sp³-hybridized carbons (Fsp3) is 0.462. The van der Waals surface area contributed by atoms with Gasteiger partial charge in [-0.1, -0.05) is 0 Å². The lowest BCUT2D eigenvalue weighted by molar-refractivity contribution is -0.394. The van der Waals surface area contributed by atoms with Crippen LogP contribution in [-0.2, 0) is 11.2 Å². The number of piperazine rings is 1. The maximum atomic E-state index is 12.2. The fourth-order valence-corrected chi connectivity index (χ4v) is 2.32. The Morgan fingerprint density at radius 1 is 1.14 bits per heavy atom. The highest BCUT2D eigenvalue weighted by Gasteiger charge is 2.24. The minimum absolute atomic E-state index is 0.127. The molecule has 1 aliphatic heterocycles. The molecule has 1 saturated heterocycles. The molecular weight excluding hydrogens is 292 g/mol. The molecule has 118 valence electrons. The van der Waals surface area contributed by atoms with Crippen LogP contribution in [0.4, 0.5) is 11.4 Å². The number of likely N-dealkylation sites (N-methyl/N-ethyl adjacent to an activating group) is 1. The van der Waals surface area contributed by atoms with Gasteiger partial charge in [0.2, 0.25) is 5.91 Å². The highest BCUT2D eigenvalue weighted by Crippen LogP contribution is 2.25. The number of carbonyl (C=O) groups excluding carboxylic acids is 1. The average molecular weight is 308 g/mol. The largest absolute Gasteiger partial charge is 0.340 e. The Hall–Kier alpha value is -2.55. The molecular formula is C13H16N4O5. The van der Waals surface area contributed by atoms with E-state index >= 15 is 0 Å². The lowest BCUT2D eigenvalue weighted by atomic mass is 10.1. The van der Waals surface area contributed by atoms with E-state index in [2.05, 4.69) is 4.90 Å². The zero-order chi connectivity index (χ0) is 16.3. The van der Waals surface area contributed by atoms with Crippen molar-refractivity contribution in [3.05, 3.63) is 44.0 Å². The first-order valence-electron chi connectivity index (χ1n) is 6.76. The van der Waals surface area contributed by atoms with Crippen molar-refractivity contribution in [3.63, 3.8) is 0 Å². The van der Waals surface area contributed by atoms with Gasteiger partial charge in [-0.05, 0) is 13.1 Å². The van der Waals surface area contributed by atoms with Crippen LogP contribution < -0.4 is 0 Å². The minimum atomic E-state index is -0.695. The molecule has 1 heterocycles. The smallest absolute Gasteiger partial charge is 0.279 e. The normalized spacial score (nSPS) is 15.6. The summed E-state index contributed by atoms with van der Waals surface area (Å²) in [4.78, 5) is 36.3. The maximum Gasteiger partial charge on any atom is 0.279 e. The zero-order valence-electron chi connectivity index (χ0n) is 12.1. The summed E-state index contributed by atoms with van der Waals surface area (Å²) in [5, 5.41) is 21.7. The molecule has 0 N–H and O–H groups in total. The molecule has 9 nitrogen and oxygen atoms in total. The minimum Gasteiger partial charge on any atom is -0.340 e. The first kappa shape index (κ1) is 15.8. The van der Waals surface area contributed by atoms with E-state index < -0.39 is 15.5 Å². The predicted molar refractivity (Wildman–Crippen MR) is 77.5 cm³/mol. The van der Waals surface area contributed by atoms with Gasteiger partial charge in [-0.15, -0.1) is 0 Å². The highest BCUT2D eigenvalue weighted by molar-refractivity contribution is 5.80. The molecule has 0 aliphatic carbocycles. The second-order valence-electron chi connectivity index (χ2n) is 5.19. The van der Waals surface area contributed by atoms with Gasteiger partial charge in [0.05, 0.1) is 22.3 Å². The first-order valence-corrected chi connectivity index (χ1v) is 6.76. The Morgan fingerprint density at radius 3 is 2.32 bits per heavy atom. The second kappa shape index (κ2) is 6.48. The number of rotatable bonds is 4. The molecule has 0 saturated carbocycles. The summed E-state index contributed by atoms with van der Waals surface area (Å²) in [5.41, 5.74) is -0.557. The van der Waals surface area contributed by atoms with Crippen molar-refractivity contribution in [3.8, 4) is 0 Å². The molecule has 0 spiro atoms. The molecule has 9 heteroatoms. The van der Waals surface area contributed by atoms with E-state index in [0.717, 1.165) is 19.2 Å². The van der Waals surface area contributed by atoms with Gasteiger partial charge in [-0.3, -0.25) is 25.0 Å². The van der Waals surface area contributed by atoms with Crippen LogP contribution in [0.1, 0.15) is 5.56 Å². The van der Waals surface area contributed by atoms with E-state index in [4.69, 9.17) is 0 Å². The molecule has 1 aromatic carbocycles. The van der Waals surface area contributed by atoms with E-state index in [1.165, 1.54) is 12.1 Å². The molecule has 1 aliphatic rings. The number of hydrogen-bond acceptors (Lipinski definition) is 6. The molecule has 22 heavy (non-hydrogen) atoms. The molecule has 0 unspecified atom stereocenters. The summed E-state index contributed by atoms with van der Waals surface area (Å²) in [6, 6.07) is 3.36. The fourth-order valence-electron chi connectivity index (χ4n) is 2.32. The lowest BCUT2D eigenvalue weighted by Crippen LogP contribution is -2.47. The van der Waals surface area contributed by atoms with Gasteiger partial charge >= 0.3 is 0 Å². The number of carbonyl (C=O) groups is 1. The van der Waals surface area contributed by atoms with Gasteiger partial charge in [-0.2, -0.15) is 0 Å². The van der Waals surface area contributed by atoms with Crippen molar-refractivity contribution in [1.29, 1.82) is 0 Å². The number of hydrogen-bond donors (Lipinski definition) is 0. The van der Waals surface area contributed by atoms with Crippen molar-refractivity contribution in [2.45, 2.75) is 6.42 Å². The van der Waals surface area contributed by atoms with E-state index in [0.29, 0.717) is 13.1 Å². The number of amides is 1. The van der Waals surface area contributed by atoms with Crippen molar-refractivity contribution < 1.29 is 14.6 Å². The van der Waals surface area contributed by atoms with Crippen LogP contribution in [0.15, 0.2) is 18.2 Å². The van der Waals surface area contributed by atoms with Gasteiger partial charge in [0.25, 0.3) is 11.4 Å². The summed E-state index contributed by atoms with van der Waals surface area (Å²) < 4.78 is 0. The quantitative estimate of drug-likeness (QED) is 0.601. The summed E-state index contributed by atoms with van der Waals surface area (Å²) in [6.45, 7) is 2.68. The predicted octanol–water partition coefficient (Wildman–Crippen LogP) is 0.819. The SMILES string of the molecule is CN1CCN(C(=O)Cc2ccc([N+](=O)[O-])cc2[N+](=O)[O-])CC1. The van der Waals surface area contributed by atoms with Gasteiger partial charge in [0, 0.05) is 37.8 Å². The Morgan fingerprint density at radius 2 is 1.77 bits per heavy atom. The zero-order valence-corrected chi connectivity index (χ0v) is 12.1. The van der Waals surface area contributed by atoms with E-state index in [1.807, 2.05) is 7.05 Å². The van der Waals surface area contributed by atoms with Gasteiger partial charge in [-0.25, -0.2) is 0 Å². The van der Waals surface area contributed by atoms with Crippen molar-refractivity contribution >= 4 is 17.3 Å². The van der Waals surface area contributed by atoms with Gasteiger partial charge < -0.3 is 9.80 Å². The van der Waals surface area contributed by atoms with Crippen LogP contribution >= 0.6 is 0 Å². The van der Waals surface area contributed by atoms with E-state index in [-0.39, 0.29) is 23.6 Å². The van der Waals surface area contributed by atoms with Crippen LogP contribution in [0.3, 0.4) is 0 Å². The number of nitro groups is 2. The molecule has 0 bridgehead atoms. The summed E-state index contributed by atoms with van der Waals surface area (Å²) in [5.74, 6) is -0.204. The summed E-state index contributed by atoms with van der Waals surface area (Å²) in [6.07, 6.45) is -0.127. The van der Waals surface area contributed by atoms with E-state index in [9.17, 15) is 25.0 Å². The highest BCUT2D eigenvalue weighted by atomic mass is 16.6. The Labute approximate surface area is 126 Å². The van der Waals surface area contributed by atoms with E-state index in [1.54, 1.807) is 4.90 Å². The van der Waals surface area contributed by atoms with Crippen molar-refractivity contribution in [1.82, 2.24) is 9.80 Å². The Kier molecular flexibility index (Phi) is 4.66. The van der Waals surface area contributed by atoms with Crippen LogP contribution in [0, 0.1) is 20.2 Å². The first-order chi connectivity index (χ1) is 10.4. The third-order valence-electron chi connectivity index (χ3n) is 3.67. The number of benzene rings is 1. The lowest BCUT2D eigenvalue weighted by Gasteiger charge is -2.32.